The highest BCUT2D eigenvalue weighted by molar-refractivity contribution is 5.76. The van der Waals surface area contributed by atoms with Crippen molar-refractivity contribution in [2.75, 3.05) is 0 Å². The summed E-state index contributed by atoms with van der Waals surface area (Å²) in [7, 11) is 0. The summed E-state index contributed by atoms with van der Waals surface area (Å²) >= 11 is 0. The minimum Gasteiger partial charge on any atom is -0.481 e. The van der Waals surface area contributed by atoms with E-state index >= 15 is 0 Å². The van der Waals surface area contributed by atoms with E-state index in [0.29, 0.717) is 19.3 Å². The predicted octanol–water partition coefficient (Wildman–Crippen LogP) is 0.114. The smallest absolute Gasteiger partial charge is 0.303 e. The van der Waals surface area contributed by atoms with Crippen LogP contribution in [0.3, 0.4) is 0 Å². The second-order valence-corrected chi connectivity index (χ2v) is 3.47. The summed E-state index contributed by atoms with van der Waals surface area (Å²) in [6.45, 7) is 1.58. The lowest BCUT2D eigenvalue weighted by Crippen LogP contribution is -2.26. The van der Waals surface area contributed by atoms with E-state index in [2.05, 4.69) is 0 Å². The number of nitrogens with two attached hydrogens (primary N) is 1. The van der Waals surface area contributed by atoms with Crippen LogP contribution < -0.4 is 5.73 Å². The Balaban J connectivity index is 3.85. The lowest BCUT2D eigenvalue weighted by Gasteiger charge is -2.13. The zero-order valence-electron chi connectivity index (χ0n) is 8.27. The zero-order valence-corrected chi connectivity index (χ0v) is 8.27. The summed E-state index contributed by atoms with van der Waals surface area (Å²) in [4.78, 5) is 21.1. The summed E-state index contributed by atoms with van der Waals surface area (Å²) in [5.74, 6) is -1.78. The van der Waals surface area contributed by atoms with Crippen molar-refractivity contribution >= 4 is 11.9 Å². The van der Waals surface area contributed by atoms with Gasteiger partial charge in [0.1, 0.15) is 0 Å². The molecule has 1 amide bonds. The third-order valence-electron chi connectivity index (χ3n) is 1.97. The normalized spacial score (nSPS) is 14.7. The van der Waals surface area contributed by atoms with Crippen LogP contribution in [0.4, 0.5) is 0 Å². The van der Waals surface area contributed by atoms with Gasteiger partial charge in [0.05, 0.1) is 6.10 Å². The van der Waals surface area contributed by atoms with Gasteiger partial charge in [0.15, 0.2) is 0 Å². The second kappa shape index (κ2) is 6.37. The molecule has 2 unspecified atom stereocenters. The Labute approximate surface area is 82.9 Å². The number of amides is 1. The molecule has 0 aromatic carbocycles. The van der Waals surface area contributed by atoms with Crippen LogP contribution >= 0.6 is 0 Å². The van der Waals surface area contributed by atoms with E-state index in [9.17, 15) is 9.59 Å². The van der Waals surface area contributed by atoms with Crippen molar-refractivity contribution < 1.29 is 19.8 Å². The van der Waals surface area contributed by atoms with Gasteiger partial charge in [-0.15, -0.1) is 0 Å². The standard InChI is InChI=1S/C9H17NO4/c1-6(11)5-7(9(10)14)3-2-4-8(12)13/h6-7,11H,2-5H2,1H3,(H2,10,14)(H,12,13). The molecule has 5 nitrogen and oxygen atoms in total. The Bertz CT molecular complexity index is 203. The van der Waals surface area contributed by atoms with Gasteiger partial charge in [-0.25, -0.2) is 0 Å². The van der Waals surface area contributed by atoms with Crippen molar-refractivity contribution in [1.82, 2.24) is 0 Å². The van der Waals surface area contributed by atoms with Crippen LogP contribution in [0.2, 0.25) is 0 Å². The van der Waals surface area contributed by atoms with Gasteiger partial charge in [-0.3, -0.25) is 9.59 Å². The molecule has 0 saturated heterocycles. The van der Waals surface area contributed by atoms with Gasteiger partial charge in [0.25, 0.3) is 0 Å². The monoisotopic (exact) mass is 203 g/mol. The largest absolute Gasteiger partial charge is 0.481 e. The van der Waals surface area contributed by atoms with Gasteiger partial charge in [0.2, 0.25) is 5.91 Å². The first kappa shape index (κ1) is 12.9. The molecule has 0 aliphatic heterocycles. The first-order valence-corrected chi connectivity index (χ1v) is 4.62. The summed E-state index contributed by atoms with van der Waals surface area (Å²) < 4.78 is 0. The summed E-state index contributed by atoms with van der Waals surface area (Å²) in [6, 6.07) is 0. The molecule has 0 rings (SSSR count). The summed E-state index contributed by atoms with van der Waals surface area (Å²) in [6.07, 6.45) is 0.582. The minimum atomic E-state index is -0.884. The Morgan fingerprint density at radius 1 is 1.43 bits per heavy atom. The van der Waals surface area contributed by atoms with Crippen molar-refractivity contribution in [3.63, 3.8) is 0 Å². The molecule has 0 aromatic rings. The fourth-order valence-corrected chi connectivity index (χ4v) is 1.29. The molecular formula is C9H17NO4. The van der Waals surface area contributed by atoms with Gasteiger partial charge in [-0.1, -0.05) is 0 Å². The van der Waals surface area contributed by atoms with Crippen LogP contribution in [-0.4, -0.2) is 28.2 Å². The Morgan fingerprint density at radius 3 is 2.36 bits per heavy atom. The first-order valence-electron chi connectivity index (χ1n) is 4.62. The number of carbonyl (C=O) groups excluding carboxylic acids is 1. The van der Waals surface area contributed by atoms with Crippen LogP contribution in [0, 0.1) is 5.92 Å². The molecule has 0 radical (unpaired) electrons. The van der Waals surface area contributed by atoms with Gasteiger partial charge < -0.3 is 15.9 Å². The number of aliphatic hydroxyl groups excluding tert-OH is 1. The fraction of sp³-hybridized carbons (Fsp3) is 0.778. The van der Waals surface area contributed by atoms with E-state index in [1.54, 1.807) is 6.92 Å². The van der Waals surface area contributed by atoms with Crippen LogP contribution in [0.5, 0.6) is 0 Å². The third kappa shape index (κ3) is 6.42. The molecule has 0 spiro atoms. The first-order chi connectivity index (χ1) is 6.43. The number of primary amides is 1. The maximum absolute atomic E-state index is 10.9. The molecule has 5 heteroatoms. The molecule has 0 aliphatic carbocycles. The number of hydrogen-bond acceptors (Lipinski definition) is 3. The molecule has 0 aliphatic rings. The van der Waals surface area contributed by atoms with E-state index in [0.717, 1.165) is 0 Å². The second-order valence-electron chi connectivity index (χ2n) is 3.47. The quantitative estimate of drug-likeness (QED) is 0.546. The summed E-state index contributed by atoms with van der Waals surface area (Å²) in [5.41, 5.74) is 5.10. The highest BCUT2D eigenvalue weighted by Gasteiger charge is 2.17. The van der Waals surface area contributed by atoms with Crippen molar-refractivity contribution in [2.24, 2.45) is 11.7 Å². The van der Waals surface area contributed by atoms with Gasteiger partial charge >= 0.3 is 5.97 Å². The molecular weight excluding hydrogens is 186 g/mol. The summed E-state index contributed by atoms with van der Waals surface area (Å²) in [5, 5.41) is 17.4. The van der Waals surface area contributed by atoms with Crippen LogP contribution in [0.15, 0.2) is 0 Å². The number of carbonyl (C=O) groups is 2. The highest BCUT2D eigenvalue weighted by Crippen LogP contribution is 2.14. The van der Waals surface area contributed by atoms with Crippen molar-refractivity contribution in [3.05, 3.63) is 0 Å². The SMILES string of the molecule is CC(O)CC(CCCC(=O)O)C(N)=O. The van der Waals surface area contributed by atoms with E-state index in [1.165, 1.54) is 0 Å². The topological polar surface area (TPSA) is 101 Å². The number of carboxylic acid groups (broad SMARTS) is 1. The molecule has 0 saturated carbocycles. The number of aliphatic hydroxyl groups is 1. The maximum atomic E-state index is 10.9. The average molecular weight is 203 g/mol. The van der Waals surface area contributed by atoms with E-state index < -0.39 is 23.9 Å². The number of rotatable bonds is 7. The number of aliphatic carboxylic acids is 1. The molecule has 82 valence electrons. The third-order valence-corrected chi connectivity index (χ3v) is 1.97. The Hall–Kier alpha value is -1.10. The van der Waals surface area contributed by atoms with Crippen LogP contribution in [-0.2, 0) is 9.59 Å². The Morgan fingerprint density at radius 2 is 2.00 bits per heavy atom. The molecule has 0 fully saturated rings. The van der Waals surface area contributed by atoms with Crippen molar-refractivity contribution in [1.29, 1.82) is 0 Å². The molecule has 14 heavy (non-hydrogen) atoms. The zero-order chi connectivity index (χ0) is 11.1. The lowest BCUT2D eigenvalue weighted by atomic mass is 9.95. The maximum Gasteiger partial charge on any atom is 0.303 e. The molecule has 0 bridgehead atoms. The average Bonchev–Trinajstić information content (AvgIpc) is 2.00. The van der Waals surface area contributed by atoms with Crippen LogP contribution in [0.1, 0.15) is 32.6 Å². The number of carboxylic acids is 1. The van der Waals surface area contributed by atoms with E-state index in [4.69, 9.17) is 15.9 Å². The minimum absolute atomic E-state index is 0.0313. The van der Waals surface area contributed by atoms with Crippen molar-refractivity contribution in [3.8, 4) is 0 Å². The lowest BCUT2D eigenvalue weighted by molar-refractivity contribution is -0.137. The molecule has 4 N–H and O–H groups in total. The number of hydrogen-bond donors (Lipinski definition) is 3. The van der Waals surface area contributed by atoms with E-state index in [1.807, 2.05) is 0 Å². The molecule has 0 heterocycles. The van der Waals surface area contributed by atoms with E-state index in [-0.39, 0.29) is 6.42 Å². The van der Waals surface area contributed by atoms with Gasteiger partial charge in [0, 0.05) is 12.3 Å². The van der Waals surface area contributed by atoms with Crippen molar-refractivity contribution in [2.45, 2.75) is 38.7 Å². The molecule has 2 atom stereocenters. The Kier molecular flexibility index (Phi) is 5.87. The highest BCUT2D eigenvalue weighted by atomic mass is 16.4. The van der Waals surface area contributed by atoms with Gasteiger partial charge in [-0.2, -0.15) is 0 Å². The van der Waals surface area contributed by atoms with Crippen LogP contribution in [0.25, 0.3) is 0 Å². The predicted molar refractivity (Wildman–Crippen MR) is 50.5 cm³/mol. The molecule has 0 aromatic heterocycles. The van der Waals surface area contributed by atoms with Gasteiger partial charge in [-0.05, 0) is 26.2 Å². The fourth-order valence-electron chi connectivity index (χ4n) is 1.29.